The normalized spacial score (nSPS) is 18.0. The van der Waals surface area contributed by atoms with Gasteiger partial charge < -0.3 is 9.73 Å². The number of hydrogen-bond acceptors (Lipinski definition) is 4. The van der Waals surface area contributed by atoms with E-state index < -0.39 is 0 Å². The quantitative estimate of drug-likeness (QED) is 0.844. The molecule has 0 aromatic carbocycles. The van der Waals surface area contributed by atoms with Crippen molar-refractivity contribution in [1.82, 2.24) is 15.5 Å². The van der Waals surface area contributed by atoms with Gasteiger partial charge >= 0.3 is 0 Å². The van der Waals surface area contributed by atoms with Crippen LogP contribution in [0, 0.1) is 11.3 Å². The topological polar surface area (TPSA) is 51.0 Å². The largest absolute Gasteiger partial charge is 0.425 e. The third-order valence-corrected chi connectivity index (χ3v) is 3.82. The van der Waals surface area contributed by atoms with E-state index in [9.17, 15) is 0 Å². The molecule has 0 bridgehead atoms. The van der Waals surface area contributed by atoms with Gasteiger partial charge in [0.25, 0.3) is 0 Å². The van der Waals surface area contributed by atoms with Crippen molar-refractivity contribution in [3.05, 3.63) is 11.8 Å². The van der Waals surface area contributed by atoms with E-state index in [4.69, 9.17) is 4.42 Å². The molecule has 0 aliphatic heterocycles. The zero-order valence-corrected chi connectivity index (χ0v) is 12.0. The first kappa shape index (κ1) is 13.5. The van der Waals surface area contributed by atoms with E-state index in [2.05, 4.69) is 43.2 Å². The van der Waals surface area contributed by atoms with Crippen LogP contribution in [-0.4, -0.2) is 22.8 Å². The second kappa shape index (κ2) is 5.39. The summed E-state index contributed by atoms with van der Waals surface area (Å²) < 4.78 is 5.69. The van der Waals surface area contributed by atoms with Gasteiger partial charge in [0, 0.05) is 25.4 Å². The standard InChI is InChI=1S/C14H25N3O/c1-10(14(2,3)4)9-13-17-16-12(18-13)7-8-15-11-5-6-11/h10-11,15H,5-9H2,1-4H3. The Morgan fingerprint density at radius 3 is 2.56 bits per heavy atom. The minimum Gasteiger partial charge on any atom is -0.425 e. The van der Waals surface area contributed by atoms with Gasteiger partial charge in [0.15, 0.2) is 0 Å². The highest BCUT2D eigenvalue weighted by atomic mass is 16.4. The first-order valence-electron chi connectivity index (χ1n) is 7.00. The zero-order chi connectivity index (χ0) is 13.2. The molecule has 4 heteroatoms. The average Bonchev–Trinajstić information content (AvgIpc) is 2.98. The van der Waals surface area contributed by atoms with Crippen molar-refractivity contribution in [3.63, 3.8) is 0 Å². The lowest BCUT2D eigenvalue weighted by atomic mass is 9.80. The van der Waals surface area contributed by atoms with Gasteiger partial charge in [0.2, 0.25) is 11.8 Å². The van der Waals surface area contributed by atoms with Crippen LogP contribution in [-0.2, 0) is 12.8 Å². The van der Waals surface area contributed by atoms with E-state index in [0.29, 0.717) is 5.92 Å². The fraction of sp³-hybridized carbons (Fsp3) is 0.857. The van der Waals surface area contributed by atoms with E-state index in [-0.39, 0.29) is 5.41 Å². The van der Waals surface area contributed by atoms with Crippen LogP contribution in [0.2, 0.25) is 0 Å². The molecule has 1 aliphatic rings. The highest BCUT2D eigenvalue weighted by Crippen LogP contribution is 2.28. The molecule has 102 valence electrons. The summed E-state index contributed by atoms with van der Waals surface area (Å²) >= 11 is 0. The summed E-state index contributed by atoms with van der Waals surface area (Å²) in [6.45, 7) is 9.91. The molecular weight excluding hydrogens is 226 g/mol. The second-order valence-electron chi connectivity index (χ2n) is 6.54. The fourth-order valence-electron chi connectivity index (χ4n) is 1.71. The van der Waals surface area contributed by atoms with Crippen LogP contribution in [0.15, 0.2) is 4.42 Å². The summed E-state index contributed by atoms with van der Waals surface area (Å²) in [5.41, 5.74) is 0.280. The Bertz CT molecular complexity index is 377. The van der Waals surface area contributed by atoms with E-state index in [1.807, 2.05) is 0 Å². The Morgan fingerprint density at radius 2 is 1.94 bits per heavy atom. The predicted molar refractivity (Wildman–Crippen MR) is 71.3 cm³/mol. The zero-order valence-electron chi connectivity index (χ0n) is 12.0. The molecule has 1 fully saturated rings. The lowest BCUT2D eigenvalue weighted by Gasteiger charge is -2.25. The first-order chi connectivity index (χ1) is 8.45. The van der Waals surface area contributed by atoms with E-state index in [0.717, 1.165) is 37.2 Å². The van der Waals surface area contributed by atoms with Crippen molar-refractivity contribution in [1.29, 1.82) is 0 Å². The highest BCUT2D eigenvalue weighted by molar-refractivity contribution is 4.88. The molecule has 1 unspecified atom stereocenters. The summed E-state index contributed by atoms with van der Waals surface area (Å²) in [7, 11) is 0. The molecule has 2 rings (SSSR count). The van der Waals surface area contributed by atoms with Gasteiger partial charge in [0.05, 0.1) is 0 Å². The molecule has 0 spiro atoms. The van der Waals surface area contributed by atoms with Crippen LogP contribution in [0.1, 0.15) is 52.3 Å². The van der Waals surface area contributed by atoms with E-state index in [1.165, 1.54) is 12.8 Å². The maximum absolute atomic E-state index is 5.69. The van der Waals surface area contributed by atoms with Crippen LogP contribution in [0.4, 0.5) is 0 Å². The molecule has 0 amide bonds. The number of nitrogens with zero attached hydrogens (tertiary/aromatic N) is 2. The van der Waals surface area contributed by atoms with Crippen molar-refractivity contribution in [2.75, 3.05) is 6.54 Å². The Morgan fingerprint density at radius 1 is 1.28 bits per heavy atom. The van der Waals surface area contributed by atoms with Crippen molar-refractivity contribution in [2.45, 2.75) is 59.4 Å². The fourth-order valence-corrected chi connectivity index (χ4v) is 1.71. The smallest absolute Gasteiger partial charge is 0.217 e. The molecule has 1 aromatic heterocycles. The van der Waals surface area contributed by atoms with Crippen molar-refractivity contribution < 1.29 is 4.42 Å². The van der Waals surface area contributed by atoms with Gasteiger partial charge in [0.1, 0.15) is 0 Å². The minimum atomic E-state index is 0.280. The molecule has 0 radical (unpaired) electrons. The van der Waals surface area contributed by atoms with E-state index >= 15 is 0 Å². The summed E-state index contributed by atoms with van der Waals surface area (Å²) in [6.07, 6.45) is 4.34. The number of nitrogens with one attached hydrogen (secondary N) is 1. The van der Waals surface area contributed by atoms with Crippen molar-refractivity contribution in [3.8, 4) is 0 Å². The van der Waals surface area contributed by atoms with Crippen molar-refractivity contribution in [2.24, 2.45) is 11.3 Å². The van der Waals surface area contributed by atoms with Crippen LogP contribution >= 0.6 is 0 Å². The molecule has 18 heavy (non-hydrogen) atoms. The Balaban J connectivity index is 1.77. The first-order valence-corrected chi connectivity index (χ1v) is 7.00. The Kier molecular flexibility index (Phi) is 4.05. The molecule has 1 saturated carbocycles. The van der Waals surface area contributed by atoms with Crippen LogP contribution in [0.3, 0.4) is 0 Å². The van der Waals surface area contributed by atoms with Gasteiger partial charge in [-0.25, -0.2) is 0 Å². The summed E-state index contributed by atoms with van der Waals surface area (Å²) in [5.74, 6) is 2.08. The molecule has 0 saturated heterocycles. The molecule has 1 heterocycles. The lowest BCUT2D eigenvalue weighted by molar-refractivity contribution is 0.243. The summed E-state index contributed by atoms with van der Waals surface area (Å²) in [5, 5.41) is 11.7. The second-order valence-corrected chi connectivity index (χ2v) is 6.54. The minimum absolute atomic E-state index is 0.280. The number of rotatable bonds is 6. The van der Waals surface area contributed by atoms with E-state index in [1.54, 1.807) is 0 Å². The van der Waals surface area contributed by atoms with Gasteiger partial charge in [-0.3, -0.25) is 0 Å². The monoisotopic (exact) mass is 251 g/mol. The van der Waals surface area contributed by atoms with Crippen LogP contribution < -0.4 is 5.32 Å². The lowest BCUT2D eigenvalue weighted by Crippen LogP contribution is -2.19. The number of aromatic nitrogens is 2. The third-order valence-electron chi connectivity index (χ3n) is 3.82. The SMILES string of the molecule is CC(Cc1nnc(CCNC2CC2)o1)C(C)(C)C. The third kappa shape index (κ3) is 4.09. The molecule has 4 nitrogen and oxygen atoms in total. The van der Waals surface area contributed by atoms with Crippen molar-refractivity contribution >= 4 is 0 Å². The van der Waals surface area contributed by atoms with Gasteiger partial charge in [-0.1, -0.05) is 27.7 Å². The molecule has 1 aromatic rings. The number of hydrogen-bond donors (Lipinski definition) is 1. The Hall–Kier alpha value is -0.900. The average molecular weight is 251 g/mol. The van der Waals surface area contributed by atoms with Crippen LogP contribution in [0.25, 0.3) is 0 Å². The Labute approximate surface area is 110 Å². The molecular formula is C14H25N3O. The van der Waals surface area contributed by atoms with Crippen LogP contribution in [0.5, 0.6) is 0 Å². The maximum Gasteiger partial charge on any atom is 0.217 e. The van der Waals surface area contributed by atoms with Gasteiger partial charge in [-0.15, -0.1) is 10.2 Å². The predicted octanol–water partition coefficient (Wildman–Crippen LogP) is 2.59. The highest BCUT2D eigenvalue weighted by Gasteiger charge is 2.23. The van der Waals surface area contributed by atoms with Gasteiger partial charge in [-0.2, -0.15) is 0 Å². The maximum atomic E-state index is 5.69. The summed E-state index contributed by atoms with van der Waals surface area (Å²) in [6, 6.07) is 0.744. The van der Waals surface area contributed by atoms with Gasteiger partial charge in [-0.05, 0) is 24.2 Å². The molecule has 1 aliphatic carbocycles. The summed E-state index contributed by atoms with van der Waals surface area (Å²) in [4.78, 5) is 0. The molecule has 1 atom stereocenters. The molecule has 1 N–H and O–H groups in total.